The van der Waals surface area contributed by atoms with Gasteiger partial charge in [0.2, 0.25) is 0 Å². The van der Waals surface area contributed by atoms with E-state index in [0.29, 0.717) is 17.2 Å². The van der Waals surface area contributed by atoms with Crippen LogP contribution in [0.25, 0.3) is 0 Å². The van der Waals surface area contributed by atoms with Crippen LogP contribution < -0.4 is 4.74 Å². The lowest BCUT2D eigenvalue weighted by Crippen LogP contribution is -2.37. The molecule has 1 heterocycles. The van der Waals surface area contributed by atoms with E-state index in [4.69, 9.17) is 21.2 Å². The fourth-order valence-corrected chi connectivity index (χ4v) is 3.87. The van der Waals surface area contributed by atoms with Crippen LogP contribution in [0.2, 0.25) is 5.02 Å². The minimum Gasteiger partial charge on any atom is -0.496 e. The number of halogens is 2. The third kappa shape index (κ3) is 4.75. The molecule has 164 valence electrons. The Morgan fingerprint density at radius 3 is 2.62 bits per heavy atom. The number of amides is 1. The van der Waals surface area contributed by atoms with Gasteiger partial charge in [0, 0.05) is 23.6 Å². The summed E-state index contributed by atoms with van der Waals surface area (Å²) in [6.45, 7) is 0.442. The lowest BCUT2D eigenvalue weighted by molar-refractivity contribution is 0.0402. The van der Waals surface area contributed by atoms with Gasteiger partial charge in [-0.3, -0.25) is 4.79 Å². The quantitative estimate of drug-likeness (QED) is 0.487. The van der Waals surface area contributed by atoms with Crippen LogP contribution in [0.4, 0.5) is 4.39 Å². The van der Waals surface area contributed by atoms with E-state index >= 15 is 0 Å². The van der Waals surface area contributed by atoms with E-state index in [-0.39, 0.29) is 24.8 Å². The van der Waals surface area contributed by atoms with Crippen molar-refractivity contribution in [3.05, 3.63) is 100 Å². The molecular formula is C25H22ClFN2O3. The molecule has 0 N–H and O–H groups in total. The van der Waals surface area contributed by atoms with Crippen LogP contribution >= 0.6 is 11.6 Å². The summed E-state index contributed by atoms with van der Waals surface area (Å²) in [5.41, 5.74) is 2.35. The van der Waals surface area contributed by atoms with Gasteiger partial charge in [-0.15, -0.1) is 0 Å². The van der Waals surface area contributed by atoms with Crippen molar-refractivity contribution in [3.63, 3.8) is 0 Å². The van der Waals surface area contributed by atoms with Gasteiger partial charge in [0.1, 0.15) is 11.6 Å². The summed E-state index contributed by atoms with van der Waals surface area (Å²) in [5.74, 6) is -0.303. The van der Waals surface area contributed by atoms with Crippen LogP contribution in [-0.2, 0) is 11.4 Å². The molecule has 3 aromatic rings. The molecule has 1 unspecified atom stereocenters. The number of ether oxygens (including phenoxy) is 1. The Labute approximate surface area is 191 Å². The smallest absolute Gasteiger partial charge is 0.257 e. The van der Waals surface area contributed by atoms with E-state index in [1.165, 1.54) is 12.1 Å². The normalized spacial score (nSPS) is 15.1. The third-order valence-corrected chi connectivity index (χ3v) is 5.65. The zero-order valence-corrected chi connectivity index (χ0v) is 18.3. The molecule has 4 rings (SSSR count). The maximum Gasteiger partial charge on any atom is 0.257 e. The maximum atomic E-state index is 14.4. The second kappa shape index (κ2) is 9.83. The molecule has 0 radical (unpaired) electrons. The van der Waals surface area contributed by atoms with Crippen LogP contribution in [-0.4, -0.2) is 36.3 Å². The monoisotopic (exact) mass is 452 g/mol. The van der Waals surface area contributed by atoms with Gasteiger partial charge < -0.3 is 14.5 Å². The number of nitrogens with zero attached hydrogens (tertiary/aromatic N) is 2. The number of hydrogen-bond donors (Lipinski definition) is 0. The lowest BCUT2D eigenvalue weighted by Gasteiger charge is -2.25. The average molecular weight is 453 g/mol. The molecule has 0 bridgehead atoms. The van der Waals surface area contributed by atoms with E-state index in [9.17, 15) is 9.18 Å². The maximum absolute atomic E-state index is 14.4. The number of carbonyl (C=O) groups excluding carboxylic acids is 1. The highest BCUT2D eigenvalue weighted by Gasteiger charge is 2.29. The highest BCUT2D eigenvalue weighted by molar-refractivity contribution is 6.31. The van der Waals surface area contributed by atoms with Crippen molar-refractivity contribution in [1.82, 2.24) is 4.90 Å². The summed E-state index contributed by atoms with van der Waals surface area (Å²) >= 11 is 6.32. The van der Waals surface area contributed by atoms with Crippen molar-refractivity contribution in [2.24, 2.45) is 5.16 Å². The number of methoxy groups -OCH3 is 1. The van der Waals surface area contributed by atoms with Gasteiger partial charge in [-0.05, 0) is 35.9 Å². The molecule has 5 nitrogen and oxygen atoms in total. The molecule has 0 saturated heterocycles. The Kier molecular flexibility index (Phi) is 6.71. The fraction of sp³-hybridized carbons (Fsp3) is 0.200. The van der Waals surface area contributed by atoms with Crippen molar-refractivity contribution < 1.29 is 18.8 Å². The Morgan fingerprint density at radius 2 is 1.84 bits per heavy atom. The number of oxime groups is 1. The molecular weight excluding hydrogens is 431 g/mol. The molecule has 0 fully saturated rings. The van der Waals surface area contributed by atoms with Crippen molar-refractivity contribution >= 4 is 23.2 Å². The molecule has 3 aromatic carbocycles. The molecule has 0 saturated carbocycles. The zero-order valence-electron chi connectivity index (χ0n) is 17.5. The molecule has 1 amide bonds. The number of rotatable bonds is 7. The van der Waals surface area contributed by atoms with E-state index in [1.807, 2.05) is 42.5 Å². The van der Waals surface area contributed by atoms with Gasteiger partial charge >= 0.3 is 0 Å². The molecule has 1 atom stereocenters. The van der Waals surface area contributed by atoms with Crippen molar-refractivity contribution in [1.29, 1.82) is 0 Å². The first-order valence-electron chi connectivity index (χ1n) is 10.2. The van der Waals surface area contributed by atoms with E-state index in [0.717, 1.165) is 16.8 Å². The Hall–Kier alpha value is -3.38. The Bertz CT molecular complexity index is 1150. The first-order valence-corrected chi connectivity index (χ1v) is 10.6. The van der Waals surface area contributed by atoms with Gasteiger partial charge in [-0.1, -0.05) is 59.2 Å². The van der Waals surface area contributed by atoms with Crippen molar-refractivity contribution in [3.8, 4) is 5.75 Å². The number of carbonyl (C=O) groups is 1. The van der Waals surface area contributed by atoms with Crippen LogP contribution in [0.5, 0.6) is 5.75 Å². The average Bonchev–Trinajstić information content (AvgIpc) is 3.28. The second-order valence-electron chi connectivity index (χ2n) is 7.43. The second-order valence-corrected chi connectivity index (χ2v) is 7.83. The van der Waals surface area contributed by atoms with E-state index in [1.54, 1.807) is 30.2 Å². The van der Waals surface area contributed by atoms with Crippen LogP contribution in [0.15, 0.2) is 78.0 Å². The lowest BCUT2D eigenvalue weighted by atomic mass is 10.0. The summed E-state index contributed by atoms with van der Waals surface area (Å²) in [6.07, 6.45) is 0.109. The highest BCUT2D eigenvalue weighted by atomic mass is 35.5. The van der Waals surface area contributed by atoms with Gasteiger partial charge in [0.05, 0.1) is 24.9 Å². The first kappa shape index (κ1) is 21.8. The molecule has 7 heteroatoms. The van der Waals surface area contributed by atoms with Crippen LogP contribution in [0.3, 0.4) is 0 Å². The Balaban J connectivity index is 1.55. The molecule has 32 heavy (non-hydrogen) atoms. The predicted octanol–water partition coefficient (Wildman–Crippen LogP) is 5.32. The highest BCUT2D eigenvalue weighted by Crippen LogP contribution is 2.26. The summed E-state index contributed by atoms with van der Waals surface area (Å²) in [4.78, 5) is 20.4. The van der Waals surface area contributed by atoms with Crippen molar-refractivity contribution in [2.75, 3.05) is 13.7 Å². The number of hydrogen-bond acceptors (Lipinski definition) is 4. The fourth-order valence-electron chi connectivity index (χ4n) is 3.67. The van der Waals surface area contributed by atoms with Crippen LogP contribution in [0, 0.1) is 5.82 Å². The molecule has 0 aliphatic carbocycles. The molecule has 1 aliphatic rings. The summed E-state index contributed by atoms with van der Waals surface area (Å²) in [5, 5.41) is 4.76. The summed E-state index contributed by atoms with van der Waals surface area (Å²) in [6, 6.07) is 20.8. The number of para-hydroxylation sites is 1. The SMILES string of the molecule is COc1ccccc1C1=NOC(CN(Cc2ccccc2Cl)C(=O)c2ccccc2F)C1. The standard InChI is InChI=1S/C25H22ClFN2O3/c1-31-24-13-7-4-10-20(24)23-14-18(32-28-23)16-29(15-17-8-2-5-11-21(17)26)25(30)19-9-3-6-12-22(19)27/h2-13,18H,14-16H2,1H3. The molecule has 0 spiro atoms. The van der Waals surface area contributed by atoms with Gasteiger partial charge in [-0.2, -0.15) is 0 Å². The number of benzene rings is 3. The first-order chi connectivity index (χ1) is 15.6. The summed E-state index contributed by atoms with van der Waals surface area (Å²) in [7, 11) is 1.60. The molecule has 1 aliphatic heterocycles. The predicted molar refractivity (Wildman–Crippen MR) is 122 cm³/mol. The zero-order chi connectivity index (χ0) is 22.5. The minimum atomic E-state index is -0.569. The van der Waals surface area contributed by atoms with E-state index in [2.05, 4.69) is 5.16 Å². The summed E-state index contributed by atoms with van der Waals surface area (Å²) < 4.78 is 19.8. The topological polar surface area (TPSA) is 51.1 Å². The largest absolute Gasteiger partial charge is 0.496 e. The minimum absolute atomic E-state index is 0.00317. The Morgan fingerprint density at radius 1 is 1.12 bits per heavy atom. The van der Waals surface area contributed by atoms with Crippen molar-refractivity contribution in [2.45, 2.75) is 19.1 Å². The third-order valence-electron chi connectivity index (χ3n) is 5.29. The van der Waals surface area contributed by atoms with Gasteiger partial charge in [0.15, 0.2) is 6.10 Å². The van der Waals surface area contributed by atoms with E-state index < -0.39 is 11.7 Å². The van der Waals surface area contributed by atoms with Gasteiger partial charge in [0.25, 0.3) is 5.91 Å². The van der Waals surface area contributed by atoms with Gasteiger partial charge in [-0.25, -0.2) is 4.39 Å². The molecule has 0 aromatic heterocycles. The van der Waals surface area contributed by atoms with Crippen LogP contribution in [0.1, 0.15) is 27.9 Å².